The van der Waals surface area contributed by atoms with Gasteiger partial charge in [0.1, 0.15) is 17.5 Å². The highest BCUT2D eigenvalue weighted by Crippen LogP contribution is 2.27. The molecule has 170 valence electrons. The van der Waals surface area contributed by atoms with Crippen molar-refractivity contribution in [1.29, 1.82) is 0 Å². The highest BCUT2D eigenvalue weighted by molar-refractivity contribution is 5.96. The molecule has 1 aliphatic heterocycles. The third kappa shape index (κ3) is 3.53. The van der Waals surface area contributed by atoms with Crippen molar-refractivity contribution in [1.82, 2.24) is 29.2 Å². The molecule has 4 heterocycles. The standard InChI is InChI=1S/C24H26FN7O/c1-15-13-18(16(2)32(15)21-8-6-5-7-20(21)25)24(33)31-11-9-30(10-12-31)23-19-14-26-29(4)22(19)27-17(3)28-23/h5-8,13-14H,9-12H2,1-4H3. The van der Waals surface area contributed by atoms with E-state index in [4.69, 9.17) is 0 Å². The van der Waals surface area contributed by atoms with Gasteiger partial charge in [0.15, 0.2) is 5.65 Å². The van der Waals surface area contributed by atoms with Crippen LogP contribution in [0.1, 0.15) is 27.6 Å². The molecule has 4 aromatic rings. The fourth-order valence-corrected chi connectivity index (χ4v) is 4.63. The summed E-state index contributed by atoms with van der Waals surface area (Å²) in [5, 5.41) is 5.23. The van der Waals surface area contributed by atoms with Gasteiger partial charge in [-0.1, -0.05) is 12.1 Å². The number of halogens is 1. The number of hydrogen-bond acceptors (Lipinski definition) is 5. The molecule has 1 amide bonds. The molecule has 0 N–H and O–H groups in total. The zero-order valence-electron chi connectivity index (χ0n) is 19.2. The SMILES string of the molecule is Cc1nc(N2CCN(C(=O)c3cc(C)n(-c4ccccc4F)c3C)CC2)c2cnn(C)c2n1. The van der Waals surface area contributed by atoms with Crippen molar-refractivity contribution in [3.63, 3.8) is 0 Å². The average molecular weight is 448 g/mol. The van der Waals surface area contributed by atoms with Crippen molar-refractivity contribution in [2.24, 2.45) is 7.05 Å². The van der Waals surface area contributed by atoms with E-state index in [0.717, 1.165) is 28.2 Å². The second-order valence-electron chi connectivity index (χ2n) is 8.45. The minimum Gasteiger partial charge on any atom is -0.352 e. The molecule has 3 aromatic heterocycles. The average Bonchev–Trinajstić information content (AvgIpc) is 3.32. The van der Waals surface area contributed by atoms with Crippen LogP contribution in [0.25, 0.3) is 16.7 Å². The Morgan fingerprint density at radius 2 is 1.76 bits per heavy atom. The van der Waals surface area contributed by atoms with Crippen LogP contribution in [0.4, 0.5) is 10.2 Å². The van der Waals surface area contributed by atoms with Crippen molar-refractivity contribution >= 4 is 22.8 Å². The summed E-state index contributed by atoms with van der Waals surface area (Å²) in [6.45, 7) is 8.12. The maximum Gasteiger partial charge on any atom is 0.255 e. The molecule has 0 spiro atoms. The van der Waals surface area contributed by atoms with E-state index < -0.39 is 0 Å². The van der Waals surface area contributed by atoms with E-state index in [1.807, 2.05) is 43.4 Å². The second kappa shape index (κ2) is 7.99. The summed E-state index contributed by atoms with van der Waals surface area (Å²) in [5.41, 5.74) is 3.44. The van der Waals surface area contributed by atoms with Crippen LogP contribution in [0, 0.1) is 26.6 Å². The molecule has 5 rings (SSSR count). The summed E-state index contributed by atoms with van der Waals surface area (Å²) in [4.78, 5) is 26.6. The lowest BCUT2D eigenvalue weighted by atomic mass is 10.2. The van der Waals surface area contributed by atoms with Gasteiger partial charge >= 0.3 is 0 Å². The van der Waals surface area contributed by atoms with Gasteiger partial charge in [-0.15, -0.1) is 0 Å². The molecule has 0 aliphatic carbocycles. The van der Waals surface area contributed by atoms with Crippen molar-refractivity contribution in [2.45, 2.75) is 20.8 Å². The van der Waals surface area contributed by atoms with Gasteiger partial charge in [0, 0.05) is 44.6 Å². The molecule has 0 bridgehead atoms. The number of para-hydroxylation sites is 1. The summed E-state index contributed by atoms with van der Waals surface area (Å²) in [5.74, 6) is 1.21. The van der Waals surface area contributed by atoms with Crippen LogP contribution in [0.15, 0.2) is 36.5 Å². The van der Waals surface area contributed by atoms with Crippen molar-refractivity contribution < 1.29 is 9.18 Å². The predicted molar refractivity (Wildman–Crippen MR) is 124 cm³/mol. The predicted octanol–water partition coefficient (Wildman–Crippen LogP) is 3.18. The lowest BCUT2D eigenvalue weighted by Gasteiger charge is -2.35. The van der Waals surface area contributed by atoms with Gasteiger partial charge in [-0.2, -0.15) is 5.10 Å². The maximum absolute atomic E-state index is 14.4. The number of carbonyl (C=O) groups excluding carboxylic acids is 1. The number of hydrogen-bond donors (Lipinski definition) is 0. The Balaban J connectivity index is 1.37. The van der Waals surface area contributed by atoms with Crippen LogP contribution in [0.2, 0.25) is 0 Å². The van der Waals surface area contributed by atoms with E-state index in [9.17, 15) is 9.18 Å². The zero-order chi connectivity index (χ0) is 23.3. The van der Waals surface area contributed by atoms with Gasteiger partial charge in [-0.25, -0.2) is 14.4 Å². The fourth-order valence-electron chi connectivity index (χ4n) is 4.63. The third-order valence-electron chi connectivity index (χ3n) is 6.31. The first-order chi connectivity index (χ1) is 15.8. The second-order valence-corrected chi connectivity index (χ2v) is 8.45. The van der Waals surface area contributed by atoms with Crippen molar-refractivity contribution in [2.75, 3.05) is 31.1 Å². The van der Waals surface area contributed by atoms with Gasteiger partial charge in [0.2, 0.25) is 0 Å². The summed E-state index contributed by atoms with van der Waals surface area (Å²) in [7, 11) is 1.87. The number of anilines is 1. The molecule has 1 fully saturated rings. The van der Waals surface area contributed by atoms with Crippen LogP contribution >= 0.6 is 0 Å². The summed E-state index contributed by atoms with van der Waals surface area (Å²) in [6, 6.07) is 8.47. The van der Waals surface area contributed by atoms with Crippen LogP contribution in [-0.2, 0) is 7.05 Å². The van der Waals surface area contributed by atoms with Crippen LogP contribution in [-0.4, -0.2) is 61.3 Å². The number of fused-ring (bicyclic) bond motifs is 1. The first kappa shape index (κ1) is 21.1. The van der Waals surface area contributed by atoms with Gasteiger partial charge in [-0.05, 0) is 39.0 Å². The number of nitrogens with zero attached hydrogens (tertiary/aromatic N) is 7. The minimum atomic E-state index is -0.311. The molecule has 0 atom stereocenters. The van der Waals surface area contributed by atoms with Crippen LogP contribution in [0.5, 0.6) is 0 Å². The molecule has 9 heteroatoms. The molecule has 33 heavy (non-hydrogen) atoms. The Hall–Kier alpha value is -3.75. The van der Waals surface area contributed by atoms with Gasteiger partial charge in [0.05, 0.1) is 22.8 Å². The molecule has 0 saturated carbocycles. The van der Waals surface area contributed by atoms with E-state index >= 15 is 0 Å². The highest BCUT2D eigenvalue weighted by Gasteiger charge is 2.27. The number of rotatable bonds is 3. The summed E-state index contributed by atoms with van der Waals surface area (Å²) in [6.07, 6.45) is 1.79. The van der Waals surface area contributed by atoms with Crippen molar-refractivity contribution in [3.05, 3.63) is 65.1 Å². The van der Waals surface area contributed by atoms with E-state index in [1.54, 1.807) is 29.1 Å². The molecule has 1 aromatic carbocycles. The monoisotopic (exact) mass is 447 g/mol. The number of benzene rings is 1. The molecule has 8 nitrogen and oxygen atoms in total. The van der Waals surface area contributed by atoms with Gasteiger partial charge in [0.25, 0.3) is 5.91 Å². The van der Waals surface area contributed by atoms with Crippen LogP contribution < -0.4 is 4.90 Å². The summed E-state index contributed by atoms with van der Waals surface area (Å²) >= 11 is 0. The maximum atomic E-state index is 14.4. The lowest BCUT2D eigenvalue weighted by Crippen LogP contribution is -2.49. The zero-order valence-corrected chi connectivity index (χ0v) is 19.2. The lowest BCUT2D eigenvalue weighted by molar-refractivity contribution is 0.0746. The number of amides is 1. The van der Waals surface area contributed by atoms with Crippen molar-refractivity contribution in [3.8, 4) is 5.69 Å². The Kier molecular flexibility index (Phi) is 5.11. The normalized spacial score (nSPS) is 14.3. The van der Waals surface area contributed by atoms with E-state index in [2.05, 4.69) is 20.0 Å². The molecule has 0 unspecified atom stereocenters. The molecule has 1 aliphatic rings. The number of aromatic nitrogens is 5. The highest BCUT2D eigenvalue weighted by atomic mass is 19.1. The molecule has 1 saturated heterocycles. The quantitative estimate of drug-likeness (QED) is 0.482. The third-order valence-corrected chi connectivity index (χ3v) is 6.31. The fraction of sp³-hybridized carbons (Fsp3) is 0.333. The Bertz CT molecular complexity index is 1360. The van der Waals surface area contributed by atoms with Gasteiger partial charge < -0.3 is 14.4 Å². The molecular weight excluding hydrogens is 421 g/mol. The first-order valence-electron chi connectivity index (χ1n) is 11.0. The Labute approximate surface area is 191 Å². The number of piperazine rings is 1. The largest absolute Gasteiger partial charge is 0.352 e. The minimum absolute atomic E-state index is 0.0317. The topological polar surface area (TPSA) is 72.1 Å². The smallest absolute Gasteiger partial charge is 0.255 e. The molecule has 0 radical (unpaired) electrons. The Morgan fingerprint density at radius 3 is 2.48 bits per heavy atom. The Morgan fingerprint density at radius 1 is 1.03 bits per heavy atom. The number of carbonyl (C=O) groups is 1. The summed E-state index contributed by atoms with van der Waals surface area (Å²) < 4.78 is 18.0. The van der Waals surface area contributed by atoms with Gasteiger partial charge in [-0.3, -0.25) is 9.48 Å². The molecular formula is C24H26FN7O. The van der Waals surface area contributed by atoms with E-state index in [0.29, 0.717) is 43.3 Å². The first-order valence-corrected chi connectivity index (χ1v) is 11.0. The van der Waals surface area contributed by atoms with E-state index in [1.165, 1.54) is 6.07 Å². The van der Waals surface area contributed by atoms with E-state index in [-0.39, 0.29) is 11.7 Å². The van der Waals surface area contributed by atoms with Crippen LogP contribution in [0.3, 0.4) is 0 Å². The number of aryl methyl sites for hydroxylation is 3.